The molecule has 0 aromatic rings. The Labute approximate surface area is 114 Å². The number of aliphatic carboxylic acids is 1. The van der Waals surface area contributed by atoms with E-state index < -0.39 is 17.8 Å². The fourth-order valence-corrected chi connectivity index (χ4v) is 2.32. The number of carbonyl (C=O) groups excluding carboxylic acids is 1. The van der Waals surface area contributed by atoms with Crippen LogP contribution in [-0.2, 0) is 9.59 Å². The summed E-state index contributed by atoms with van der Waals surface area (Å²) in [6.07, 6.45) is 0.598. The molecular formula is C13H25N3O3. The van der Waals surface area contributed by atoms with Gasteiger partial charge in [0.25, 0.3) is 0 Å². The smallest absolute Gasteiger partial charge is 0.307 e. The summed E-state index contributed by atoms with van der Waals surface area (Å²) in [6, 6.07) is 0.0911. The molecule has 1 heterocycles. The minimum atomic E-state index is -0.809. The number of carboxylic acids is 1. The van der Waals surface area contributed by atoms with Crippen LogP contribution in [0.3, 0.4) is 0 Å². The maximum absolute atomic E-state index is 11.2. The molecule has 1 aliphatic rings. The molecule has 2 atom stereocenters. The fourth-order valence-electron chi connectivity index (χ4n) is 2.32. The Morgan fingerprint density at radius 2 is 2.00 bits per heavy atom. The number of likely N-dealkylation sites (tertiary alicyclic amines) is 1. The summed E-state index contributed by atoms with van der Waals surface area (Å²) in [7, 11) is 0. The van der Waals surface area contributed by atoms with Crippen molar-refractivity contribution in [3.63, 3.8) is 0 Å². The molecule has 0 saturated carbocycles. The van der Waals surface area contributed by atoms with Crippen molar-refractivity contribution in [2.45, 2.75) is 33.2 Å². The summed E-state index contributed by atoms with van der Waals surface area (Å²) in [5, 5.41) is 12.6. The summed E-state index contributed by atoms with van der Waals surface area (Å²) in [4.78, 5) is 24.0. The molecule has 1 saturated heterocycles. The second-order valence-corrected chi connectivity index (χ2v) is 6.57. The van der Waals surface area contributed by atoms with Crippen LogP contribution in [0.5, 0.6) is 0 Å². The van der Waals surface area contributed by atoms with Crippen LogP contribution in [-0.4, -0.2) is 54.1 Å². The van der Waals surface area contributed by atoms with Gasteiger partial charge in [-0.2, -0.15) is 0 Å². The van der Waals surface area contributed by atoms with Gasteiger partial charge >= 0.3 is 5.97 Å². The van der Waals surface area contributed by atoms with Crippen LogP contribution in [0.2, 0.25) is 0 Å². The van der Waals surface area contributed by atoms with Crippen LogP contribution in [0.15, 0.2) is 0 Å². The Morgan fingerprint density at radius 3 is 2.47 bits per heavy atom. The van der Waals surface area contributed by atoms with Crippen LogP contribution in [0.4, 0.5) is 0 Å². The first-order valence-electron chi connectivity index (χ1n) is 6.64. The average Bonchev–Trinajstić information content (AvgIpc) is 2.24. The standard InChI is InChI=1S/C13H25N3O3/c1-13(2,3)8-15-10-4-9(12(18)19)5-16(6-10)7-11(14)17/h9-10,15H,4-8H2,1-3H3,(H2,14,17)(H,18,19). The van der Waals surface area contributed by atoms with Crippen molar-refractivity contribution in [3.8, 4) is 0 Å². The largest absolute Gasteiger partial charge is 0.481 e. The van der Waals surface area contributed by atoms with Crippen molar-refractivity contribution in [3.05, 3.63) is 0 Å². The summed E-state index contributed by atoms with van der Waals surface area (Å²) in [6.45, 7) is 8.37. The van der Waals surface area contributed by atoms with Gasteiger partial charge in [-0.1, -0.05) is 20.8 Å². The van der Waals surface area contributed by atoms with Crippen molar-refractivity contribution >= 4 is 11.9 Å². The predicted molar refractivity (Wildman–Crippen MR) is 72.6 cm³/mol. The van der Waals surface area contributed by atoms with E-state index in [-0.39, 0.29) is 18.0 Å². The topological polar surface area (TPSA) is 95.7 Å². The van der Waals surface area contributed by atoms with Crippen LogP contribution in [0.1, 0.15) is 27.2 Å². The lowest BCUT2D eigenvalue weighted by Crippen LogP contribution is -2.53. The van der Waals surface area contributed by atoms with Gasteiger partial charge in [-0.05, 0) is 11.8 Å². The molecule has 0 radical (unpaired) electrons. The number of nitrogens with zero attached hydrogens (tertiary/aromatic N) is 1. The summed E-state index contributed by atoms with van der Waals surface area (Å²) in [5.74, 6) is -1.66. The van der Waals surface area contributed by atoms with E-state index in [9.17, 15) is 9.59 Å². The average molecular weight is 271 g/mol. The maximum Gasteiger partial charge on any atom is 0.307 e. The van der Waals surface area contributed by atoms with Crippen LogP contribution >= 0.6 is 0 Å². The van der Waals surface area contributed by atoms with E-state index in [1.807, 2.05) is 4.90 Å². The first kappa shape index (κ1) is 15.9. The number of carbonyl (C=O) groups is 2. The lowest BCUT2D eigenvalue weighted by molar-refractivity contribution is -0.144. The van der Waals surface area contributed by atoms with Gasteiger partial charge in [0, 0.05) is 25.7 Å². The number of amides is 1. The number of nitrogens with one attached hydrogen (secondary N) is 1. The SMILES string of the molecule is CC(C)(C)CNC1CC(C(=O)O)CN(CC(N)=O)C1. The second-order valence-electron chi connectivity index (χ2n) is 6.57. The summed E-state index contributed by atoms with van der Waals surface area (Å²) >= 11 is 0. The second kappa shape index (κ2) is 6.34. The normalized spacial score (nSPS) is 25.2. The van der Waals surface area contributed by atoms with E-state index in [2.05, 4.69) is 26.1 Å². The number of rotatable bonds is 5. The molecule has 110 valence electrons. The molecule has 0 aliphatic carbocycles. The van der Waals surface area contributed by atoms with Crippen molar-refractivity contribution in [1.82, 2.24) is 10.2 Å². The molecule has 6 heteroatoms. The maximum atomic E-state index is 11.2. The minimum Gasteiger partial charge on any atom is -0.481 e. The fraction of sp³-hybridized carbons (Fsp3) is 0.846. The number of hydrogen-bond donors (Lipinski definition) is 3. The highest BCUT2D eigenvalue weighted by atomic mass is 16.4. The molecule has 4 N–H and O–H groups in total. The van der Waals surface area contributed by atoms with Gasteiger partial charge in [0.05, 0.1) is 12.5 Å². The lowest BCUT2D eigenvalue weighted by atomic mass is 9.92. The highest BCUT2D eigenvalue weighted by Gasteiger charge is 2.32. The Kier molecular flexibility index (Phi) is 5.31. The third kappa shape index (κ3) is 6.02. The lowest BCUT2D eigenvalue weighted by Gasteiger charge is -2.37. The zero-order valence-electron chi connectivity index (χ0n) is 12.0. The quantitative estimate of drug-likeness (QED) is 0.648. The van der Waals surface area contributed by atoms with E-state index in [0.717, 1.165) is 6.54 Å². The highest BCUT2D eigenvalue weighted by Crippen LogP contribution is 2.19. The number of piperidine rings is 1. The van der Waals surface area contributed by atoms with Gasteiger partial charge in [0.15, 0.2) is 0 Å². The van der Waals surface area contributed by atoms with Crippen molar-refractivity contribution < 1.29 is 14.7 Å². The molecule has 19 heavy (non-hydrogen) atoms. The monoisotopic (exact) mass is 271 g/mol. The molecule has 6 nitrogen and oxygen atoms in total. The Hall–Kier alpha value is -1.14. The molecule has 0 bridgehead atoms. The third-order valence-electron chi connectivity index (χ3n) is 3.18. The molecule has 1 rings (SSSR count). The molecule has 0 aromatic carbocycles. The molecule has 1 fully saturated rings. The van der Waals surface area contributed by atoms with Crippen molar-refractivity contribution in [2.75, 3.05) is 26.2 Å². The highest BCUT2D eigenvalue weighted by molar-refractivity contribution is 5.76. The molecule has 2 unspecified atom stereocenters. The Bertz CT molecular complexity index is 339. The minimum absolute atomic E-state index is 0.0911. The number of nitrogens with two attached hydrogens (primary N) is 1. The predicted octanol–water partition coefficient (Wildman–Crippen LogP) is -0.117. The van der Waals surface area contributed by atoms with Gasteiger partial charge in [0.1, 0.15) is 0 Å². The molecule has 0 aromatic heterocycles. The van der Waals surface area contributed by atoms with Crippen LogP contribution < -0.4 is 11.1 Å². The first-order chi connectivity index (χ1) is 8.67. The van der Waals surface area contributed by atoms with E-state index in [1.165, 1.54) is 0 Å². The van der Waals surface area contributed by atoms with Crippen molar-refractivity contribution in [2.24, 2.45) is 17.1 Å². The summed E-state index contributed by atoms with van der Waals surface area (Å²) < 4.78 is 0. The van der Waals surface area contributed by atoms with E-state index in [0.29, 0.717) is 19.5 Å². The third-order valence-corrected chi connectivity index (χ3v) is 3.18. The Morgan fingerprint density at radius 1 is 1.37 bits per heavy atom. The number of primary amides is 1. The zero-order valence-corrected chi connectivity index (χ0v) is 12.0. The van der Waals surface area contributed by atoms with E-state index in [4.69, 9.17) is 10.8 Å². The van der Waals surface area contributed by atoms with Crippen LogP contribution in [0.25, 0.3) is 0 Å². The van der Waals surface area contributed by atoms with Gasteiger partial charge in [-0.25, -0.2) is 0 Å². The Balaban J connectivity index is 2.59. The van der Waals surface area contributed by atoms with Crippen LogP contribution in [0, 0.1) is 11.3 Å². The van der Waals surface area contributed by atoms with Gasteiger partial charge in [0.2, 0.25) is 5.91 Å². The summed E-state index contributed by atoms with van der Waals surface area (Å²) in [5.41, 5.74) is 5.33. The van der Waals surface area contributed by atoms with E-state index in [1.54, 1.807) is 0 Å². The molecule has 1 aliphatic heterocycles. The first-order valence-corrected chi connectivity index (χ1v) is 6.64. The van der Waals surface area contributed by atoms with Crippen molar-refractivity contribution in [1.29, 1.82) is 0 Å². The number of hydrogen-bond acceptors (Lipinski definition) is 4. The molecule has 1 amide bonds. The zero-order chi connectivity index (χ0) is 14.6. The van der Waals surface area contributed by atoms with Gasteiger partial charge in [-0.3, -0.25) is 14.5 Å². The van der Waals surface area contributed by atoms with Gasteiger partial charge in [-0.15, -0.1) is 0 Å². The molecule has 0 spiro atoms. The van der Waals surface area contributed by atoms with E-state index >= 15 is 0 Å². The van der Waals surface area contributed by atoms with Gasteiger partial charge < -0.3 is 16.2 Å². The number of carboxylic acid groups (broad SMARTS) is 1. The molecular weight excluding hydrogens is 246 g/mol.